The number of aliphatic hydroxyl groups excluding tert-OH is 32. The molecular formula is C66H110O55. The van der Waals surface area contributed by atoms with Gasteiger partial charge in [0, 0.05) is 0 Å². The highest BCUT2D eigenvalue weighted by molar-refractivity contribution is 5.01. The molecule has 0 aromatic rings. The summed E-state index contributed by atoms with van der Waals surface area (Å²) in [5.74, 6) is 0. The predicted octanol–water partition coefficient (Wildman–Crippen LogP) is -23.3. The minimum absolute atomic E-state index is 0.616. The average Bonchev–Trinajstić information content (AvgIpc) is 1.20. The summed E-state index contributed by atoms with van der Waals surface area (Å²) in [6, 6.07) is 0. The second kappa shape index (κ2) is 42.3. The van der Waals surface area contributed by atoms with Crippen molar-refractivity contribution in [3.8, 4) is 0 Å². The Morgan fingerprint density at radius 3 is 0.628 bits per heavy atom. The molecule has 0 aliphatic carbocycles. The molecule has 0 aromatic carbocycles. The molecule has 12 aliphatic rings. The van der Waals surface area contributed by atoms with Crippen LogP contribution in [0.4, 0.5) is 0 Å². The third kappa shape index (κ3) is 21.1. The van der Waals surface area contributed by atoms with Crippen molar-refractivity contribution in [1.82, 2.24) is 0 Å². The second-order valence-corrected chi connectivity index (χ2v) is 31.0. The molecule has 0 aromatic heterocycles. The summed E-state index contributed by atoms with van der Waals surface area (Å²) >= 11 is 0. The summed E-state index contributed by atoms with van der Waals surface area (Å²) in [6.45, 7) is -10.2. The molecule has 32 N–H and O–H groups in total. The van der Waals surface area contributed by atoms with E-state index in [1.807, 2.05) is 0 Å². The molecule has 12 rings (SSSR count). The van der Waals surface area contributed by atoms with Crippen molar-refractivity contribution in [3.05, 3.63) is 0 Å². The fourth-order valence-corrected chi connectivity index (χ4v) is 15.3. The van der Waals surface area contributed by atoms with Crippen LogP contribution in [0, 0.1) is 0 Å². The van der Waals surface area contributed by atoms with E-state index in [-0.39, 0.29) is 0 Å². The summed E-state index contributed by atoms with van der Waals surface area (Å²) in [5.41, 5.74) is 0. The molecule has 0 radical (unpaired) electrons. The Morgan fingerprint density at radius 1 is 0.140 bits per heavy atom. The van der Waals surface area contributed by atoms with Crippen LogP contribution in [0.3, 0.4) is 0 Å². The lowest BCUT2D eigenvalue weighted by Crippen LogP contribution is -2.66. The van der Waals surface area contributed by atoms with Crippen LogP contribution in [0.1, 0.15) is 0 Å². The van der Waals surface area contributed by atoms with E-state index in [9.17, 15) is 163 Å². The van der Waals surface area contributed by atoms with E-state index in [2.05, 4.69) is 0 Å². The zero-order valence-corrected chi connectivity index (χ0v) is 63.4. The summed E-state index contributed by atoms with van der Waals surface area (Å²) in [6.07, 6.45) is -102. The molecule has 0 unspecified atom stereocenters. The highest BCUT2D eigenvalue weighted by Gasteiger charge is 2.60. The van der Waals surface area contributed by atoms with Crippen LogP contribution >= 0.6 is 0 Å². The molecule has 0 amide bonds. The van der Waals surface area contributed by atoms with Gasteiger partial charge in [0.15, 0.2) is 75.5 Å². The van der Waals surface area contributed by atoms with Gasteiger partial charge in [0.2, 0.25) is 0 Å². The molecule has 12 saturated heterocycles. The van der Waals surface area contributed by atoms with Crippen LogP contribution in [0.25, 0.3) is 0 Å². The summed E-state index contributed by atoms with van der Waals surface area (Å²) in [5, 5.41) is 344. The van der Waals surface area contributed by atoms with Gasteiger partial charge < -0.3 is 272 Å². The van der Waals surface area contributed by atoms with Crippen LogP contribution in [-0.2, 0) is 109 Å². The Hall–Kier alpha value is -2.20. The molecule has 12 heterocycles. The van der Waals surface area contributed by atoms with Gasteiger partial charge in [0.25, 0.3) is 0 Å². The lowest BCUT2D eigenvalue weighted by Gasteiger charge is -2.47. The maximum atomic E-state index is 12.0. The molecule has 54 atom stereocenters. The van der Waals surface area contributed by atoms with Crippen LogP contribution in [0.15, 0.2) is 0 Å². The number of hydrogen-bond donors (Lipinski definition) is 32. The Balaban J connectivity index is 0.707. The molecule has 55 nitrogen and oxygen atoms in total. The average molecular weight is 1780 g/mol. The van der Waals surface area contributed by atoms with Crippen molar-refractivity contribution in [2.24, 2.45) is 0 Å². The highest BCUT2D eigenvalue weighted by atomic mass is 16.8. The standard InChI is InChI=1S/C66H110O55/c67-1-13-25(71)37(83)48(94)59(108-13)102-6-19-31(77)40(86)53(65(116-19)106-11-20-32(78)41(87)54(121-64-50(96)38(84)26(72)14(2-68)111-64)66(117-20)105-10-18-30(76)39(85)49(95)60(112-18)99-5-17-29(75)36(82)42(88)55(98)107-17)120-63-47(93)35(81)23(115-63)9-101-58-45(91)33(79)21(113-58)7-103-61-51(97)52(24(118-61)12-104-57-44(90)28(74)16(4-70)110-57)119-62-46(92)34(80)22(114-62)8-100-56-43(89)27(73)15(3-69)109-56/h13-98H,1-12H2/t13-,14-,15-,16-,17-,18-,19-,20-,21-,22-,23-,24-,25-,26-,27-,28-,29-,30-,31-,32-,33-,34-,35-,36+,37+,38+,39+,40+,41+,42+,43+,44+,45+,46+,47+,48+,49+,50+,51+,52-,53+,54+,55+,56+,57+,58+,59+,60+,61+,62-,63-,64-,65+,66+/m1/s1. The lowest BCUT2D eigenvalue weighted by atomic mass is 9.96. The summed E-state index contributed by atoms with van der Waals surface area (Å²) < 4.78 is 131. The van der Waals surface area contributed by atoms with E-state index >= 15 is 0 Å². The molecule has 0 spiro atoms. The molecule has 704 valence electrons. The van der Waals surface area contributed by atoms with E-state index < -0.39 is 411 Å². The number of aliphatic hydroxyl groups is 32. The van der Waals surface area contributed by atoms with Gasteiger partial charge in [0.05, 0.1) is 79.3 Å². The van der Waals surface area contributed by atoms with Crippen molar-refractivity contribution in [1.29, 1.82) is 0 Å². The van der Waals surface area contributed by atoms with Gasteiger partial charge in [-0.2, -0.15) is 0 Å². The molecular weight excluding hydrogens is 1670 g/mol. The molecule has 12 aliphatic heterocycles. The van der Waals surface area contributed by atoms with Gasteiger partial charge >= 0.3 is 0 Å². The van der Waals surface area contributed by atoms with Crippen molar-refractivity contribution in [3.63, 3.8) is 0 Å². The third-order valence-corrected chi connectivity index (χ3v) is 22.9. The second-order valence-electron chi connectivity index (χ2n) is 31.0. The predicted molar refractivity (Wildman–Crippen MR) is 359 cm³/mol. The summed E-state index contributed by atoms with van der Waals surface area (Å²) in [7, 11) is 0. The van der Waals surface area contributed by atoms with E-state index in [1.165, 1.54) is 0 Å². The number of hydrogen-bond acceptors (Lipinski definition) is 55. The fourth-order valence-electron chi connectivity index (χ4n) is 15.3. The van der Waals surface area contributed by atoms with Crippen LogP contribution < -0.4 is 0 Å². The highest BCUT2D eigenvalue weighted by Crippen LogP contribution is 2.39. The van der Waals surface area contributed by atoms with Gasteiger partial charge in [-0.25, -0.2) is 0 Å². The zero-order valence-electron chi connectivity index (χ0n) is 63.4. The van der Waals surface area contributed by atoms with Crippen LogP contribution in [-0.4, -0.2) is 575 Å². The Morgan fingerprint density at radius 2 is 0.314 bits per heavy atom. The van der Waals surface area contributed by atoms with E-state index in [1.54, 1.807) is 0 Å². The van der Waals surface area contributed by atoms with Crippen LogP contribution in [0.2, 0.25) is 0 Å². The first-order valence-corrected chi connectivity index (χ1v) is 38.7. The lowest BCUT2D eigenvalue weighted by molar-refractivity contribution is -0.381. The largest absolute Gasteiger partial charge is 0.394 e. The maximum absolute atomic E-state index is 12.0. The van der Waals surface area contributed by atoms with E-state index in [0.29, 0.717) is 0 Å². The Labute approximate surface area is 681 Å². The molecule has 121 heavy (non-hydrogen) atoms. The monoisotopic (exact) mass is 1780 g/mol. The number of ether oxygens (including phenoxy) is 23. The van der Waals surface area contributed by atoms with Gasteiger partial charge in [0.1, 0.15) is 256 Å². The first-order valence-electron chi connectivity index (χ1n) is 38.7. The quantitative estimate of drug-likeness (QED) is 0.0284. The van der Waals surface area contributed by atoms with E-state index in [0.717, 1.165) is 0 Å². The van der Waals surface area contributed by atoms with Gasteiger partial charge in [-0.1, -0.05) is 0 Å². The molecule has 55 heteroatoms. The Bertz CT molecular complexity index is 3120. The molecule has 0 saturated carbocycles. The van der Waals surface area contributed by atoms with Crippen molar-refractivity contribution < 1.29 is 272 Å². The van der Waals surface area contributed by atoms with Gasteiger partial charge in [-0.15, -0.1) is 0 Å². The van der Waals surface area contributed by atoms with Crippen molar-refractivity contribution in [2.75, 3.05) is 79.3 Å². The van der Waals surface area contributed by atoms with Crippen LogP contribution in [0.5, 0.6) is 0 Å². The molecule has 0 bridgehead atoms. The molecule has 12 fully saturated rings. The Kier molecular flexibility index (Phi) is 34.2. The zero-order chi connectivity index (χ0) is 87.9. The van der Waals surface area contributed by atoms with Gasteiger partial charge in [-0.05, 0) is 0 Å². The van der Waals surface area contributed by atoms with Gasteiger partial charge in [-0.3, -0.25) is 0 Å². The summed E-state index contributed by atoms with van der Waals surface area (Å²) in [4.78, 5) is 0. The topological polar surface area (TPSA) is 860 Å². The maximum Gasteiger partial charge on any atom is 0.187 e. The fraction of sp³-hybridized carbons (Fsp3) is 1.00. The first kappa shape index (κ1) is 97.8. The first-order chi connectivity index (χ1) is 57.4. The minimum Gasteiger partial charge on any atom is -0.394 e. The van der Waals surface area contributed by atoms with Crippen molar-refractivity contribution in [2.45, 2.75) is 332 Å². The normalized spacial score (nSPS) is 53.7. The SMILES string of the molecule is OC[C@H]1O[C@H](OC[C@H]2O[C@H](OC[C@H]3O[C@H](OC[C@H]4O[C@H](OC[C@H]5O[C@H](O)[C@@H](O)[C@@H](O)[C@@H]5O)[C@@H](O)[C@@H](O)[C@@H]4O)[C@@H](O[C@H]4O[C@H](CO)[C@@H](O)[C@H](O)[C@@H]4O)[C@@H](O)[C@@H]3O)[C@@H](O[C@H]3O[C@H](CO[C@H]4O[C@H](CO[C@H]5O[C@H](CO[C@H]6O[C@H](CO)[C@@H](O)[C@@H]6O)[C@@H](O[C@H]6O[C@H](CO[C@H]7O[C@H](CO)[C@@H](O)[C@@H]7O)[C@@H](O)[C@@H]6O)[C@@H]5O)[C@@H](O)[C@@H]4O)[C@@H](O)[C@@H]3O)[C@@H](O)[C@@H]2O)[C@@H](O)[C@@H](O)[C@@H]1O. The minimum atomic E-state index is -2.35. The number of rotatable bonds is 34. The third-order valence-electron chi connectivity index (χ3n) is 22.9. The smallest absolute Gasteiger partial charge is 0.187 e. The van der Waals surface area contributed by atoms with E-state index in [4.69, 9.17) is 109 Å². The van der Waals surface area contributed by atoms with Crippen molar-refractivity contribution >= 4 is 0 Å².